The highest BCUT2D eigenvalue weighted by atomic mass is 19.1. The molecule has 0 atom stereocenters. The van der Waals surface area contributed by atoms with E-state index < -0.39 is 24.3 Å². The van der Waals surface area contributed by atoms with Crippen LogP contribution in [-0.2, 0) is 14.3 Å². The second-order valence-corrected chi connectivity index (χ2v) is 7.83. The first-order chi connectivity index (χ1) is 17.6. The van der Waals surface area contributed by atoms with Crippen LogP contribution in [-0.4, -0.2) is 28.3 Å². The molecule has 1 amide bonds. The maximum absolute atomic E-state index is 13.7. The summed E-state index contributed by atoms with van der Waals surface area (Å²) in [7, 11) is 0. The zero-order chi connectivity index (χ0) is 24.9. The average molecular weight is 481 g/mol. The number of fused-ring (bicyclic) bond motifs is 1. The van der Waals surface area contributed by atoms with Crippen LogP contribution in [0.2, 0.25) is 0 Å². The number of amides is 1. The average Bonchev–Trinajstić information content (AvgIpc) is 3.52. The first-order valence-corrected chi connectivity index (χ1v) is 11.1. The number of carbonyl (C=O) groups is 2. The van der Waals surface area contributed by atoms with Gasteiger partial charge >= 0.3 is 5.97 Å². The van der Waals surface area contributed by atoms with Crippen LogP contribution in [0.25, 0.3) is 34.2 Å². The summed E-state index contributed by atoms with van der Waals surface area (Å²) in [4.78, 5) is 24.3. The summed E-state index contributed by atoms with van der Waals surface area (Å²) in [5.41, 5.74) is 2.72. The third kappa shape index (κ3) is 5.07. The molecule has 0 saturated carbocycles. The van der Waals surface area contributed by atoms with Gasteiger partial charge < -0.3 is 14.5 Å². The molecule has 7 nitrogen and oxygen atoms in total. The maximum Gasteiger partial charge on any atom is 0.331 e. The number of aromatic nitrogens is 2. The number of para-hydroxylation sites is 3. The fraction of sp³-hybridized carbons (Fsp3) is 0.0357. The van der Waals surface area contributed by atoms with Crippen molar-refractivity contribution in [2.45, 2.75) is 0 Å². The molecule has 0 radical (unpaired) electrons. The smallest absolute Gasteiger partial charge is 0.331 e. The molecule has 178 valence electrons. The van der Waals surface area contributed by atoms with Crippen LogP contribution in [0.1, 0.15) is 5.56 Å². The predicted molar refractivity (Wildman–Crippen MR) is 134 cm³/mol. The molecule has 5 rings (SSSR count). The minimum Gasteiger partial charge on any atom is -0.454 e. The number of nitrogens with one attached hydrogen (secondary N) is 1. The van der Waals surface area contributed by atoms with Crippen molar-refractivity contribution >= 4 is 34.6 Å². The van der Waals surface area contributed by atoms with E-state index in [1.165, 1.54) is 24.3 Å². The summed E-state index contributed by atoms with van der Waals surface area (Å²) >= 11 is 0. The molecular formula is C28H20FN3O4. The van der Waals surface area contributed by atoms with E-state index in [4.69, 9.17) is 9.15 Å². The van der Waals surface area contributed by atoms with Gasteiger partial charge in [-0.15, -0.1) is 0 Å². The number of furan rings is 1. The summed E-state index contributed by atoms with van der Waals surface area (Å²) in [5.74, 6) is -1.42. The standard InChI is InChI=1S/C28H20FN3O4/c29-22-11-5-6-12-23(22)30-26(33)18-35-27(34)15-14-20-17-32(21-9-2-1-3-10-21)31-28(20)25-16-19-8-4-7-13-24(19)36-25/h1-17H,18H2,(H,30,33)/b15-14+. The lowest BCUT2D eigenvalue weighted by Crippen LogP contribution is -2.20. The Morgan fingerprint density at radius 1 is 1.00 bits per heavy atom. The Morgan fingerprint density at radius 3 is 2.56 bits per heavy atom. The van der Waals surface area contributed by atoms with E-state index in [2.05, 4.69) is 10.4 Å². The molecule has 0 spiro atoms. The van der Waals surface area contributed by atoms with Crippen LogP contribution in [0.4, 0.5) is 10.1 Å². The number of rotatable bonds is 7. The predicted octanol–water partition coefficient (Wildman–Crippen LogP) is 5.62. The van der Waals surface area contributed by atoms with Gasteiger partial charge in [-0.2, -0.15) is 5.10 Å². The van der Waals surface area contributed by atoms with Gasteiger partial charge in [-0.3, -0.25) is 4.79 Å². The number of nitrogens with zero attached hydrogens (tertiary/aromatic N) is 2. The molecule has 0 unspecified atom stereocenters. The number of hydrogen-bond acceptors (Lipinski definition) is 5. The molecule has 0 saturated heterocycles. The summed E-state index contributed by atoms with van der Waals surface area (Å²) in [6, 6.07) is 24.8. The Balaban J connectivity index is 1.34. The van der Waals surface area contributed by atoms with Crippen molar-refractivity contribution in [1.82, 2.24) is 9.78 Å². The number of halogens is 1. The second kappa shape index (κ2) is 10.1. The Hall–Kier alpha value is -4.98. The van der Waals surface area contributed by atoms with Crippen molar-refractivity contribution in [2.24, 2.45) is 0 Å². The molecule has 36 heavy (non-hydrogen) atoms. The zero-order valence-corrected chi connectivity index (χ0v) is 18.9. The molecule has 5 aromatic rings. The molecule has 1 N–H and O–H groups in total. The highest BCUT2D eigenvalue weighted by Crippen LogP contribution is 2.30. The van der Waals surface area contributed by atoms with Crippen LogP contribution in [0.15, 0.2) is 102 Å². The maximum atomic E-state index is 13.7. The number of ether oxygens (including phenoxy) is 1. The van der Waals surface area contributed by atoms with E-state index in [0.717, 1.165) is 16.7 Å². The fourth-order valence-corrected chi connectivity index (χ4v) is 3.60. The summed E-state index contributed by atoms with van der Waals surface area (Å²) in [6.07, 6.45) is 4.52. The van der Waals surface area contributed by atoms with Gasteiger partial charge in [0, 0.05) is 23.2 Å². The number of carbonyl (C=O) groups excluding carboxylic acids is 2. The minimum absolute atomic E-state index is 0.0119. The molecule has 2 heterocycles. The molecule has 2 aromatic heterocycles. The first-order valence-electron chi connectivity index (χ1n) is 11.1. The van der Waals surface area contributed by atoms with E-state index >= 15 is 0 Å². The molecule has 3 aromatic carbocycles. The van der Waals surface area contributed by atoms with Gasteiger partial charge in [-0.25, -0.2) is 13.9 Å². The van der Waals surface area contributed by atoms with Crippen molar-refractivity contribution in [3.63, 3.8) is 0 Å². The van der Waals surface area contributed by atoms with Crippen LogP contribution in [0, 0.1) is 5.82 Å². The Kier molecular flexibility index (Phi) is 6.40. The van der Waals surface area contributed by atoms with Gasteiger partial charge in [-0.1, -0.05) is 48.5 Å². The lowest BCUT2D eigenvalue weighted by atomic mass is 10.2. The van der Waals surface area contributed by atoms with Gasteiger partial charge in [0.25, 0.3) is 5.91 Å². The van der Waals surface area contributed by atoms with Crippen molar-refractivity contribution < 1.29 is 23.1 Å². The molecule has 0 aliphatic heterocycles. The topological polar surface area (TPSA) is 86.4 Å². The van der Waals surface area contributed by atoms with Crippen molar-refractivity contribution in [3.05, 3.63) is 109 Å². The Bertz CT molecular complexity index is 1540. The zero-order valence-electron chi connectivity index (χ0n) is 18.9. The normalized spacial score (nSPS) is 11.1. The Morgan fingerprint density at radius 2 is 1.75 bits per heavy atom. The van der Waals surface area contributed by atoms with Crippen LogP contribution in [0.5, 0.6) is 0 Å². The third-order valence-electron chi connectivity index (χ3n) is 5.31. The van der Waals surface area contributed by atoms with Gasteiger partial charge in [0.15, 0.2) is 12.4 Å². The molecule has 0 aliphatic rings. The van der Waals surface area contributed by atoms with Crippen molar-refractivity contribution in [1.29, 1.82) is 0 Å². The first kappa shape index (κ1) is 22.8. The highest BCUT2D eigenvalue weighted by Gasteiger charge is 2.16. The fourth-order valence-electron chi connectivity index (χ4n) is 3.60. The van der Waals surface area contributed by atoms with E-state index in [0.29, 0.717) is 17.0 Å². The van der Waals surface area contributed by atoms with Gasteiger partial charge in [0.05, 0.1) is 11.4 Å². The van der Waals surface area contributed by atoms with E-state index in [1.807, 2.05) is 60.7 Å². The lowest BCUT2D eigenvalue weighted by Gasteiger charge is -2.06. The van der Waals surface area contributed by atoms with Crippen molar-refractivity contribution in [3.8, 4) is 17.1 Å². The van der Waals surface area contributed by atoms with Crippen LogP contribution >= 0.6 is 0 Å². The Labute approximate surface area is 205 Å². The number of hydrogen-bond donors (Lipinski definition) is 1. The highest BCUT2D eigenvalue weighted by molar-refractivity contribution is 5.95. The number of esters is 1. The van der Waals surface area contributed by atoms with Crippen LogP contribution in [0.3, 0.4) is 0 Å². The van der Waals surface area contributed by atoms with E-state index in [-0.39, 0.29) is 5.69 Å². The van der Waals surface area contributed by atoms with Crippen LogP contribution < -0.4 is 5.32 Å². The van der Waals surface area contributed by atoms with E-state index in [9.17, 15) is 14.0 Å². The van der Waals surface area contributed by atoms with Crippen molar-refractivity contribution in [2.75, 3.05) is 11.9 Å². The molecular weight excluding hydrogens is 461 g/mol. The molecule has 8 heteroatoms. The summed E-state index contributed by atoms with van der Waals surface area (Å²) < 4.78 is 26.4. The monoisotopic (exact) mass is 481 g/mol. The third-order valence-corrected chi connectivity index (χ3v) is 5.31. The number of anilines is 1. The molecule has 0 aliphatic carbocycles. The largest absolute Gasteiger partial charge is 0.454 e. The quantitative estimate of drug-likeness (QED) is 0.241. The molecule has 0 fully saturated rings. The van der Waals surface area contributed by atoms with E-state index in [1.54, 1.807) is 23.0 Å². The lowest BCUT2D eigenvalue weighted by molar-refractivity contribution is -0.142. The minimum atomic E-state index is -0.735. The molecule has 0 bridgehead atoms. The van der Waals surface area contributed by atoms with Gasteiger partial charge in [0.2, 0.25) is 0 Å². The number of benzene rings is 3. The van der Waals surface area contributed by atoms with Gasteiger partial charge in [0.1, 0.15) is 17.1 Å². The summed E-state index contributed by atoms with van der Waals surface area (Å²) in [5, 5.41) is 7.96. The summed E-state index contributed by atoms with van der Waals surface area (Å²) in [6.45, 7) is -0.558. The second-order valence-electron chi connectivity index (χ2n) is 7.83. The SMILES string of the molecule is O=C(COC(=O)/C=C/c1cn(-c2ccccc2)nc1-c1cc2ccccc2o1)Nc1ccccc1F. The van der Waals surface area contributed by atoms with Gasteiger partial charge in [-0.05, 0) is 42.5 Å².